The number of hydrogen-bond acceptors (Lipinski definition) is 5. The van der Waals surface area contributed by atoms with Gasteiger partial charge < -0.3 is 14.2 Å². The molecule has 2 aromatic rings. The van der Waals surface area contributed by atoms with Crippen LogP contribution in [0.1, 0.15) is 36.3 Å². The van der Waals surface area contributed by atoms with Crippen LogP contribution < -0.4 is 14.2 Å². The van der Waals surface area contributed by atoms with Crippen LogP contribution in [-0.2, 0) is 6.54 Å². The summed E-state index contributed by atoms with van der Waals surface area (Å²) in [6.45, 7) is 5.69. The normalized spacial score (nSPS) is 21.0. The SMILES string of the molecule is COc1ccc(C2CCN([C@@H]3CCN(Cc4ccc(OC)c(OC)c4)C3)CC2)cc1. The van der Waals surface area contributed by atoms with Gasteiger partial charge in [0.1, 0.15) is 5.75 Å². The van der Waals surface area contributed by atoms with Crippen LogP contribution in [0.25, 0.3) is 0 Å². The smallest absolute Gasteiger partial charge is 0.161 e. The number of rotatable bonds is 7. The highest BCUT2D eigenvalue weighted by atomic mass is 16.5. The van der Waals surface area contributed by atoms with Gasteiger partial charge in [0, 0.05) is 25.7 Å². The van der Waals surface area contributed by atoms with Gasteiger partial charge in [-0.3, -0.25) is 9.80 Å². The number of ether oxygens (including phenoxy) is 3. The van der Waals surface area contributed by atoms with Gasteiger partial charge in [0.15, 0.2) is 11.5 Å². The first kappa shape index (κ1) is 21.0. The summed E-state index contributed by atoms with van der Waals surface area (Å²) < 4.78 is 16.1. The van der Waals surface area contributed by atoms with E-state index in [-0.39, 0.29) is 0 Å². The van der Waals surface area contributed by atoms with Gasteiger partial charge >= 0.3 is 0 Å². The average Bonchev–Trinajstić information content (AvgIpc) is 3.27. The third-order valence-electron chi connectivity index (χ3n) is 6.73. The molecule has 0 aromatic heterocycles. The molecule has 2 fully saturated rings. The molecule has 2 saturated heterocycles. The third kappa shape index (κ3) is 4.73. The first-order valence-corrected chi connectivity index (χ1v) is 11.0. The number of piperidine rings is 1. The lowest BCUT2D eigenvalue weighted by atomic mass is 9.89. The Labute approximate surface area is 180 Å². The molecule has 0 N–H and O–H groups in total. The molecular formula is C25H34N2O3. The van der Waals surface area contributed by atoms with Crippen molar-refractivity contribution in [3.8, 4) is 17.2 Å². The van der Waals surface area contributed by atoms with E-state index in [1.807, 2.05) is 6.07 Å². The molecule has 2 aromatic carbocycles. The highest BCUT2D eigenvalue weighted by molar-refractivity contribution is 5.42. The van der Waals surface area contributed by atoms with Gasteiger partial charge in [-0.1, -0.05) is 18.2 Å². The molecule has 30 heavy (non-hydrogen) atoms. The van der Waals surface area contributed by atoms with E-state index in [4.69, 9.17) is 14.2 Å². The molecule has 1 atom stereocenters. The lowest BCUT2D eigenvalue weighted by Crippen LogP contribution is -2.42. The summed E-state index contributed by atoms with van der Waals surface area (Å²) in [4.78, 5) is 5.29. The van der Waals surface area contributed by atoms with E-state index >= 15 is 0 Å². The van der Waals surface area contributed by atoms with E-state index in [0.717, 1.165) is 36.9 Å². The van der Waals surface area contributed by atoms with Crippen LogP contribution in [0.15, 0.2) is 42.5 Å². The Kier molecular flexibility index (Phi) is 6.80. The predicted octanol–water partition coefficient (Wildman–Crippen LogP) is 4.17. The largest absolute Gasteiger partial charge is 0.497 e. The van der Waals surface area contributed by atoms with Crippen LogP contribution in [-0.4, -0.2) is 63.4 Å². The molecule has 0 aliphatic carbocycles. The van der Waals surface area contributed by atoms with Gasteiger partial charge in [-0.15, -0.1) is 0 Å². The van der Waals surface area contributed by atoms with Crippen molar-refractivity contribution in [2.24, 2.45) is 0 Å². The monoisotopic (exact) mass is 410 g/mol. The molecule has 5 nitrogen and oxygen atoms in total. The standard InChI is InChI=1S/C25H34N2O3/c1-28-23-7-5-20(6-8-23)21-10-14-27(15-11-21)22-12-13-26(18-22)17-19-4-9-24(29-2)25(16-19)30-3/h4-9,16,21-22H,10-15,17-18H2,1-3H3/t22-/m1/s1. The second kappa shape index (κ2) is 9.71. The van der Waals surface area contributed by atoms with Crippen LogP contribution in [0.5, 0.6) is 17.2 Å². The molecule has 0 saturated carbocycles. The Hall–Kier alpha value is -2.24. The third-order valence-corrected chi connectivity index (χ3v) is 6.73. The molecule has 4 rings (SSSR count). The van der Waals surface area contributed by atoms with Crippen molar-refractivity contribution >= 4 is 0 Å². The maximum atomic E-state index is 5.46. The first-order chi connectivity index (χ1) is 14.7. The summed E-state index contributed by atoms with van der Waals surface area (Å²) in [6, 6.07) is 15.6. The summed E-state index contributed by atoms with van der Waals surface area (Å²) in [6.07, 6.45) is 3.76. The van der Waals surface area contributed by atoms with Crippen LogP contribution in [0.2, 0.25) is 0 Å². The second-order valence-electron chi connectivity index (χ2n) is 8.45. The Morgan fingerprint density at radius 1 is 0.800 bits per heavy atom. The Bertz CT molecular complexity index is 816. The van der Waals surface area contributed by atoms with Crippen molar-refractivity contribution in [2.45, 2.75) is 37.8 Å². The molecule has 2 heterocycles. The molecular weight excluding hydrogens is 376 g/mol. The van der Waals surface area contributed by atoms with Crippen LogP contribution in [0, 0.1) is 0 Å². The van der Waals surface area contributed by atoms with Gasteiger partial charge in [0.2, 0.25) is 0 Å². The fourth-order valence-electron chi connectivity index (χ4n) is 4.97. The van der Waals surface area contributed by atoms with Crippen LogP contribution in [0.4, 0.5) is 0 Å². The maximum Gasteiger partial charge on any atom is 0.161 e. The summed E-state index contributed by atoms with van der Waals surface area (Å²) in [5.74, 6) is 3.22. The highest BCUT2D eigenvalue weighted by Gasteiger charge is 2.31. The van der Waals surface area contributed by atoms with E-state index in [9.17, 15) is 0 Å². The Balaban J connectivity index is 1.28. The number of methoxy groups -OCH3 is 3. The minimum atomic E-state index is 0.677. The molecule has 5 heteroatoms. The molecule has 2 aliphatic rings. The van der Waals surface area contributed by atoms with Gasteiger partial charge in [-0.2, -0.15) is 0 Å². The van der Waals surface area contributed by atoms with Gasteiger partial charge in [-0.05, 0) is 73.7 Å². The second-order valence-corrected chi connectivity index (χ2v) is 8.45. The topological polar surface area (TPSA) is 34.2 Å². The van der Waals surface area contributed by atoms with E-state index in [1.165, 1.54) is 43.5 Å². The van der Waals surface area contributed by atoms with E-state index < -0.39 is 0 Å². The van der Waals surface area contributed by atoms with Crippen molar-refractivity contribution in [1.29, 1.82) is 0 Å². The van der Waals surface area contributed by atoms with Crippen LogP contribution in [0.3, 0.4) is 0 Å². The molecule has 0 amide bonds. The maximum absolute atomic E-state index is 5.46. The van der Waals surface area contributed by atoms with Crippen LogP contribution >= 0.6 is 0 Å². The zero-order valence-corrected chi connectivity index (χ0v) is 18.5. The molecule has 0 radical (unpaired) electrons. The number of nitrogens with zero attached hydrogens (tertiary/aromatic N) is 2. The molecule has 0 spiro atoms. The number of hydrogen-bond donors (Lipinski definition) is 0. The summed E-state index contributed by atoms with van der Waals surface area (Å²) >= 11 is 0. The zero-order chi connectivity index (χ0) is 20.9. The lowest BCUT2D eigenvalue weighted by Gasteiger charge is -2.36. The molecule has 0 bridgehead atoms. The fraction of sp³-hybridized carbons (Fsp3) is 0.520. The summed E-state index contributed by atoms with van der Waals surface area (Å²) in [5.41, 5.74) is 2.74. The number of likely N-dealkylation sites (tertiary alicyclic amines) is 2. The van der Waals surface area contributed by atoms with Gasteiger partial charge in [0.05, 0.1) is 21.3 Å². The Morgan fingerprint density at radius 2 is 1.53 bits per heavy atom. The van der Waals surface area contributed by atoms with Crippen molar-refractivity contribution in [1.82, 2.24) is 9.80 Å². The molecule has 162 valence electrons. The van der Waals surface area contributed by atoms with Gasteiger partial charge in [0.25, 0.3) is 0 Å². The van der Waals surface area contributed by atoms with E-state index in [2.05, 4.69) is 46.2 Å². The van der Waals surface area contributed by atoms with E-state index in [1.54, 1.807) is 21.3 Å². The lowest BCUT2D eigenvalue weighted by molar-refractivity contribution is 0.150. The first-order valence-electron chi connectivity index (χ1n) is 11.0. The van der Waals surface area contributed by atoms with Crippen molar-refractivity contribution < 1.29 is 14.2 Å². The fourth-order valence-corrected chi connectivity index (χ4v) is 4.97. The minimum absolute atomic E-state index is 0.677. The quantitative estimate of drug-likeness (QED) is 0.685. The number of benzene rings is 2. The Morgan fingerprint density at radius 3 is 2.20 bits per heavy atom. The van der Waals surface area contributed by atoms with Crippen molar-refractivity contribution in [3.63, 3.8) is 0 Å². The summed E-state index contributed by atoms with van der Waals surface area (Å²) in [7, 11) is 5.10. The van der Waals surface area contributed by atoms with Crippen molar-refractivity contribution in [3.05, 3.63) is 53.6 Å². The predicted molar refractivity (Wildman–Crippen MR) is 120 cm³/mol. The van der Waals surface area contributed by atoms with Crippen molar-refractivity contribution in [2.75, 3.05) is 47.5 Å². The highest BCUT2D eigenvalue weighted by Crippen LogP contribution is 2.32. The molecule has 0 unspecified atom stereocenters. The minimum Gasteiger partial charge on any atom is -0.497 e. The summed E-state index contributed by atoms with van der Waals surface area (Å²) in [5, 5.41) is 0. The van der Waals surface area contributed by atoms with E-state index in [0.29, 0.717) is 12.0 Å². The average molecular weight is 411 g/mol. The molecule has 2 aliphatic heterocycles. The zero-order valence-electron chi connectivity index (χ0n) is 18.5. The van der Waals surface area contributed by atoms with Gasteiger partial charge in [-0.25, -0.2) is 0 Å².